The van der Waals surface area contributed by atoms with Crippen molar-refractivity contribution in [3.8, 4) is 0 Å². The molecule has 1 amide bonds. The minimum absolute atomic E-state index is 0.0582. The number of imidazole rings is 1. The topological polar surface area (TPSA) is 56.2 Å². The van der Waals surface area contributed by atoms with Gasteiger partial charge in [0.25, 0.3) is 0 Å². The van der Waals surface area contributed by atoms with Crippen LogP contribution >= 0.6 is 0 Å². The van der Waals surface area contributed by atoms with Gasteiger partial charge in [-0.1, -0.05) is 38.8 Å². The van der Waals surface area contributed by atoms with E-state index in [0.29, 0.717) is 5.92 Å². The van der Waals surface area contributed by atoms with Gasteiger partial charge in [0.05, 0.1) is 11.0 Å². The molecule has 1 aliphatic rings. The van der Waals surface area contributed by atoms with E-state index in [4.69, 9.17) is 9.72 Å². The van der Waals surface area contributed by atoms with Crippen LogP contribution in [0.15, 0.2) is 24.3 Å². The predicted molar refractivity (Wildman–Crippen MR) is 109 cm³/mol. The zero-order valence-corrected chi connectivity index (χ0v) is 16.7. The molecule has 1 aliphatic heterocycles. The lowest BCUT2D eigenvalue weighted by molar-refractivity contribution is -0.130. The number of ether oxygens (including phenoxy) is 1. The third-order valence-corrected chi connectivity index (χ3v) is 5.52. The van der Waals surface area contributed by atoms with Crippen molar-refractivity contribution in [2.24, 2.45) is 5.92 Å². The normalized spacial score (nSPS) is 18.1. The summed E-state index contributed by atoms with van der Waals surface area (Å²) in [6.45, 7) is 7.03. The van der Waals surface area contributed by atoms with Crippen LogP contribution in [-0.4, -0.2) is 34.7 Å². The minimum atomic E-state index is -0.217. The Kier molecular flexibility index (Phi) is 7.27. The molecule has 5 nitrogen and oxygen atoms in total. The van der Waals surface area contributed by atoms with Gasteiger partial charge in [0, 0.05) is 26.1 Å². The number of nitrogens with zero attached hydrogens (tertiary/aromatic N) is 2. The van der Waals surface area contributed by atoms with Crippen LogP contribution in [0.3, 0.4) is 0 Å². The maximum Gasteiger partial charge on any atom is 0.249 e. The van der Waals surface area contributed by atoms with Gasteiger partial charge in [-0.05, 0) is 43.7 Å². The largest absolute Gasteiger partial charge is 0.368 e. The number of hydrogen-bond acceptors (Lipinski definition) is 3. The van der Waals surface area contributed by atoms with Crippen molar-refractivity contribution in [2.45, 2.75) is 71.4 Å². The number of aromatic nitrogens is 2. The minimum Gasteiger partial charge on any atom is -0.368 e. The van der Waals surface area contributed by atoms with E-state index in [0.717, 1.165) is 63.7 Å². The van der Waals surface area contributed by atoms with Gasteiger partial charge in [-0.25, -0.2) is 4.98 Å². The monoisotopic (exact) mass is 371 g/mol. The molecule has 1 aromatic heterocycles. The predicted octanol–water partition coefficient (Wildman–Crippen LogP) is 4.09. The first-order valence-corrected chi connectivity index (χ1v) is 10.5. The average molecular weight is 372 g/mol. The van der Waals surface area contributed by atoms with Gasteiger partial charge in [0.1, 0.15) is 11.9 Å². The molecule has 1 fully saturated rings. The first-order valence-electron chi connectivity index (χ1n) is 10.5. The van der Waals surface area contributed by atoms with Gasteiger partial charge in [0.2, 0.25) is 5.91 Å². The smallest absolute Gasteiger partial charge is 0.249 e. The number of aryl methyl sites for hydroxylation is 1. The van der Waals surface area contributed by atoms with Crippen molar-refractivity contribution in [1.82, 2.24) is 14.9 Å². The lowest BCUT2D eigenvalue weighted by atomic mass is 10.1. The molecule has 5 heteroatoms. The second-order valence-electron chi connectivity index (χ2n) is 7.74. The average Bonchev–Trinajstić information content (AvgIpc) is 3.33. The standard InChI is InChI=1S/C22H33N3O2/c1-3-17(2)16-25-19-11-7-6-10-18(19)24-21(25)13-5-4-8-14-23-22(26)20-12-9-15-27-20/h6-7,10-11,17,20H,3-5,8-9,12-16H2,1-2H3,(H,23,26). The fourth-order valence-corrected chi connectivity index (χ4v) is 3.66. The van der Waals surface area contributed by atoms with E-state index in [1.807, 2.05) is 0 Å². The third-order valence-electron chi connectivity index (χ3n) is 5.52. The van der Waals surface area contributed by atoms with Crippen molar-refractivity contribution in [1.29, 1.82) is 0 Å². The highest BCUT2D eigenvalue weighted by atomic mass is 16.5. The maximum absolute atomic E-state index is 11.9. The summed E-state index contributed by atoms with van der Waals surface area (Å²) in [5, 5.41) is 3.01. The van der Waals surface area contributed by atoms with E-state index in [1.54, 1.807) is 0 Å². The van der Waals surface area contributed by atoms with Gasteiger partial charge < -0.3 is 14.6 Å². The fraction of sp³-hybridized carbons (Fsp3) is 0.636. The van der Waals surface area contributed by atoms with Crippen LogP contribution < -0.4 is 5.32 Å². The zero-order chi connectivity index (χ0) is 19.1. The van der Waals surface area contributed by atoms with Crippen molar-refractivity contribution in [2.75, 3.05) is 13.2 Å². The number of hydrogen-bond donors (Lipinski definition) is 1. The lowest BCUT2D eigenvalue weighted by Gasteiger charge is -2.14. The summed E-state index contributed by atoms with van der Waals surface area (Å²) in [5.74, 6) is 1.90. The van der Waals surface area contributed by atoms with Gasteiger partial charge in [-0.3, -0.25) is 4.79 Å². The van der Waals surface area contributed by atoms with Crippen molar-refractivity contribution in [3.05, 3.63) is 30.1 Å². The molecule has 1 N–H and O–H groups in total. The summed E-state index contributed by atoms with van der Waals surface area (Å²) in [5.41, 5.74) is 2.34. The van der Waals surface area contributed by atoms with E-state index in [1.165, 1.54) is 17.8 Å². The number of benzene rings is 1. The zero-order valence-electron chi connectivity index (χ0n) is 16.7. The van der Waals surface area contributed by atoms with Crippen LogP contribution in [-0.2, 0) is 22.5 Å². The van der Waals surface area contributed by atoms with Crippen LogP contribution in [0.2, 0.25) is 0 Å². The number of amides is 1. The molecule has 0 spiro atoms. The van der Waals surface area contributed by atoms with E-state index in [-0.39, 0.29) is 12.0 Å². The number of carbonyl (C=O) groups is 1. The summed E-state index contributed by atoms with van der Waals surface area (Å²) in [4.78, 5) is 16.8. The van der Waals surface area contributed by atoms with Gasteiger partial charge in [-0.15, -0.1) is 0 Å². The molecule has 2 aromatic rings. The summed E-state index contributed by atoms with van der Waals surface area (Å²) in [6, 6.07) is 8.43. The van der Waals surface area contributed by atoms with Crippen molar-refractivity contribution in [3.63, 3.8) is 0 Å². The van der Waals surface area contributed by atoms with E-state index >= 15 is 0 Å². The molecule has 1 saturated heterocycles. The molecule has 3 rings (SSSR count). The third kappa shape index (κ3) is 5.32. The number of fused-ring (bicyclic) bond motifs is 1. The lowest BCUT2D eigenvalue weighted by Crippen LogP contribution is -2.34. The summed E-state index contributed by atoms with van der Waals surface area (Å²) in [6.07, 6.45) is 7.00. The Morgan fingerprint density at radius 3 is 2.96 bits per heavy atom. The highest BCUT2D eigenvalue weighted by molar-refractivity contribution is 5.80. The van der Waals surface area contributed by atoms with Crippen LogP contribution in [0.4, 0.5) is 0 Å². The molecule has 27 heavy (non-hydrogen) atoms. The Hall–Kier alpha value is -1.88. The van der Waals surface area contributed by atoms with Crippen LogP contribution in [0.5, 0.6) is 0 Å². The molecule has 2 heterocycles. The van der Waals surface area contributed by atoms with Gasteiger partial charge in [0.15, 0.2) is 0 Å². The molecule has 148 valence electrons. The Labute approximate surface area is 162 Å². The molecule has 0 saturated carbocycles. The van der Waals surface area contributed by atoms with Gasteiger partial charge in [-0.2, -0.15) is 0 Å². The van der Waals surface area contributed by atoms with Crippen LogP contribution in [0, 0.1) is 5.92 Å². The van der Waals surface area contributed by atoms with Crippen molar-refractivity contribution >= 4 is 16.9 Å². The molecule has 2 atom stereocenters. The number of rotatable bonds is 10. The second kappa shape index (κ2) is 9.88. The Balaban J connectivity index is 1.46. The molecule has 2 unspecified atom stereocenters. The summed E-state index contributed by atoms with van der Waals surface area (Å²) >= 11 is 0. The quantitative estimate of drug-likeness (QED) is 0.640. The number of unbranched alkanes of at least 4 members (excludes halogenated alkanes) is 2. The molecular weight excluding hydrogens is 338 g/mol. The molecule has 0 aliphatic carbocycles. The summed E-state index contributed by atoms with van der Waals surface area (Å²) < 4.78 is 7.82. The second-order valence-corrected chi connectivity index (χ2v) is 7.74. The SMILES string of the molecule is CCC(C)Cn1c(CCCCCNC(=O)C2CCCO2)nc2ccccc21. The van der Waals surface area contributed by atoms with E-state index < -0.39 is 0 Å². The Morgan fingerprint density at radius 1 is 1.33 bits per heavy atom. The number of carbonyl (C=O) groups excluding carboxylic acids is 1. The van der Waals surface area contributed by atoms with E-state index in [9.17, 15) is 4.79 Å². The number of nitrogens with one attached hydrogen (secondary N) is 1. The molecule has 0 radical (unpaired) electrons. The Morgan fingerprint density at radius 2 is 2.19 bits per heavy atom. The molecular formula is C22H33N3O2. The fourth-order valence-electron chi connectivity index (χ4n) is 3.66. The van der Waals surface area contributed by atoms with Crippen molar-refractivity contribution < 1.29 is 9.53 Å². The van der Waals surface area contributed by atoms with Crippen LogP contribution in [0.1, 0.15) is 58.2 Å². The highest BCUT2D eigenvalue weighted by Gasteiger charge is 2.22. The Bertz CT molecular complexity index is 734. The molecule has 0 bridgehead atoms. The first-order chi connectivity index (χ1) is 13.2. The summed E-state index contributed by atoms with van der Waals surface area (Å²) in [7, 11) is 0. The van der Waals surface area contributed by atoms with E-state index in [2.05, 4.69) is 48.0 Å². The first kappa shape index (κ1) is 19.9. The highest BCUT2D eigenvalue weighted by Crippen LogP contribution is 2.20. The van der Waals surface area contributed by atoms with Crippen LogP contribution in [0.25, 0.3) is 11.0 Å². The number of para-hydroxylation sites is 2. The van der Waals surface area contributed by atoms with Gasteiger partial charge >= 0.3 is 0 Å². The molecule has 1 aromatic carbocycles. The maximum atomic E-state index is 11.9.